The molecule has 0 spiro atoms. The highest BCUT2D eigenvalue weighted by Gasteiger charge is 2.62. The minimum absolute atomic E-state index is 0.0614. The number of primary amides is 1. The number of fused-ring (bicyclic) bond motifs is 3. The molecule has 9 nitrogen and oxygen atoms in total. The van der Waals surface area contributed by atoms with Crippen molar-refractivity contribution in [2.45, 2.75) is 31.0 Å². The van der Waals surface area contributed by atoms with Crippen LogP contribution in [0.2, 0.25) is 0 Å². The van der Waals surface area contributed by atoms with Crippen LogP contribution in [-0.2, 0) is 16.0 Å². The van der Waals surface area contributed by atoms with Gasteiger partial charge in [0, 0.05) is 28.3 Å². The van der Waals surface area contributed by atoms with E-state index in [-0.39, 0.29) is 36.1 Å². The molecule has 3 aliphatic carbocycles. The summed E-state index contributed by atoms with van der Waals surface area (Å²) in [7, 11) is 0. The van der Waals surface area contributed by atoms with Crippen molar-refractivity contribution >= 4 is 23.2 Å². The molecule has 9 heteroatoms. The molecule has 0 radical (unpaired) electrons. The van der Waals surface area contributed by atoms with Crippen LogP contribution < -0.4 is 11.5 Å². The number of hydrogen-bond acceptors (Lipinski definition) is 8. The smallest absolute Gasteiger partial charge is 0.230 e. The van der Waals surface area contributed by atoms with Crippen LogP contribution in [0.4, 0.5) is 5.69 Å². The number of carbonyl (C=O) groups excluding carboxylic acids is 3. The van der Waals surface area contributed by atoms with Crippen LogP contribution in [0.3, 0.4) is 0 Å². The maximum absolute atomic E-state index is 13.5. The summed E-state index contributed by atoms with van der Waals surface area (Å²) in [6.07, 6.45) is -1.27. The molecule has 0 heterocycles. The lowest BCUT2D eigenvalue weighted by Crippen LogP contribution is -2.63. The van der Waals surface area contributed by atoms with Gasteiger partial charge in [-0.15, -0.1) is 0 Å². The second-order valence-electron chi connectivity index (χ2n) is 9.60. The van der Waals surface area contributed by atoms with E-state index >= 15 is 0 Å². The first-order valence-electron chi connectivity index (χ1n) is 11.5. The molecular formula is C27H24N2O7. The molecule has 0 aromatic heterocycles. The molecule has 2 aromatic carbocycles. The molecule has 0 bridgehead atoms. The molecule has 0 aliphatic heterocycles. The van der Waals surface area contributed by atoms with Crippen molar-refractivity contribution in [3.8, 4) is 17.6 Å². The van der Waals surface area contributed by atoms with Crippen LogP contribution in [0.1, 0.15) is 39.9 Å². The number of aliphatic hydroxyl groups is 3. The first-order valence-corrected chi connectivity index (χ1v) is 11.5. The summed E-state index contributed by atoms with van der Waals surface area (Å²) in [5.74, 6) is -1.34. The van der Waals surface area contributed by atoms with Gasteiger partial charge in [-0.3, -0.25) is 14.4 Å². The summed E-state index contributed by atoms with van der Waals surface area (Å²) in [6.45, 7) is 0. The van der Waals surface area contributed by atoms with Crippen LogP contribution >= 0.6 is 0 Å². The highest BCUT2D eigenvalue weighted by Crippen LogP contribution is 2.51. The van der Waals surface area contributed by atoms with E-state index in [1.165, 1.54) is 6.07 Å². The maximum atomic E-state index is 13.5. The Bertz CT molecular complexity index is 1420. The van der Waals surface area contributed by atoms with Crippen molar-refractivity contribution < 1.29 is 34.8 Å². The third-order valence-electron chi connectivity index (χ3n) is 7.52. The third-order valence-corrected chi connectivity index (χ3v) is 7.52. The fourth-order valence-corrected chi connectivity index (χ4v) is 5.75. The zero-order valence-corrected chi connectivity index (χ0v) is 19.1. The molecule has 1 saturated carbocycles. The van der Waals surface area contributed by atoms with Gasteiger partial charge in [-0.1, -0.05) is 11.8 Å². The van der Waals surface area contributed by atoms with Crippen molar-refractivity contribution in [1.29, 1.82) is 0 Å². The number of anilines is 1. The first-order chi connectivity index (χ1) is 17.0. The summed E-state index contributed by atoms with van der Waals surface area (Å²) in [6, 6.07) is 9.87. The number of ketones is 2. The van der Waals surface area contributed by atoms with Crippen LogP contribution in [0.15, 0.2) is 47.7 Å². The average molecular weight is 488 g/mol. The van der Waals surface area contributed by atoms with Crippen LogP contribution in [0.5, 0.6) is 5.75 Å². The number of allylic oxidation sites excluding steroid dienone is 1. The van der Waals surface area contributed by atoms with E-state index in [9.17, 15) is 34.8 Å². The summed E-state index contributed by atoms with van der Waals surface area (Å²) in [4.78, 5) is 38.4. The summed E-state index contributed by atoms with van der Waals surface area (Å²) in [5, 5.41) is 43.3. The van der Waals surface area contributed by atoms with Gasteiger partial charge in [0.15, 0.2) is 17.2 Å². The molecule has 1 amide bonds. The van der Waals surface area contributed by atoms with Gasteiger partial charge in [0.2, 0.25) is 5.91 Å². The number of phenols is 1. The van der Waals surface area contributed by atoms with Gasteiger partial charge in [0.25, 0.3) is 0 Å². The predicted octanol–water partition coefficient (Wildman–Crippen LogP) is 0.727. The van der Waals surface area contributed by atoms with E-state index in [2.05, 4.69) is 11.8 Å². The molecule has 5 atom stereocenters. The Hall–Kier alpha value is -4.13. The van der Waals surface area contributed by atoms with Crippen molar-refractivity contribution in [2.24, 2.45) is 23.5 Å². The molecule has 0 saturated heterocycles. The molecule has 36 heavy (non-hydrogen) atoms. The number of rotatable bonds is 1. The van der Waals surface area contributed by atoms with Crippen LogP contribution in [-0.4, -0.2) is 49.6 Å². The van der Waals surface area contributed by atoms with Crippen molar-refractivity contribution in [3.05, 3.63) is 70.0 Å². The highest BCUT2D eigenvalue weighted by molar-refractivity contribution is 6.15. The fourth-order valence-electron chi connectivity index (χ4n) is 5.75. The molecule has 5 rings (SSSR count). The second-order valence-corrected chi connectivity index (χ2v) is 9.60. The number of hydrogen-bond donors (Lipinski definition) is 6. The highest BCUT2D eigenvalue weighted by atomic mass is 16.3. The van der Waals surface area contributed by atoms with Gasteiger partial charge >= 0.3 is 0 Å². The number of phenolic OH excluding ortho intramolecular Hbond substituents is 1. The maximum Gasteiger partial charge on any atom is 0.230 e. The van der Waals surface area contributed by atoms with E-state index in [4.69, 9.17) is 11.5 Å². The van der Waals surface area contributed by atoms with E-state index in [1.54, 1.807) is 30.3 Å². The summed E-state index contributed by atoms with van der Waals surface area (Å²) < 4.78 is 0. The Morgan fingerprint density at radius 2 is 1.72 bits per heavy atom. The summed E-state index contributed by atoms with van der Waals surface area (Å²) >= 11 is 0. The monoisotopic (exact) mass is 488 g/mol. The van der Waals surface area contributed by atoms with E-state index < -0.39 is 52.7 Å². The molecule has 8 N–H and O–H groups in total. The number of benzene rings is 2. The quantitative estimate of drug-likeness (QED) is 0.193. The number of nitrogens with two attached hydrogens (primary N) is 2. The van der Waals surface area contributed by atoms with Gasteiger partial charge in [0.05, 0.1) is 11.7 Å². The standard InChI is InChI=1S/C27H24N2O7/c28-16-6-2-12(3-7-16)1-4-13-5-8-18(30)21-17(13)10-14-9-15-11-19(31)22(26(29)35)25(34)27(15,36)24(33)20(14)23(21)32/h2-3,5-8,14-15,19,22,30-31,33,36H,9-11,28H2,(H2,29,35)/t14-,15+,19?,22?,27+/m1/s1. The van der Waals surface area contributed by atoms with Crippen molar-refractivity contribution in [3.63, 3.8) is 0 Å². The number of carbonyl (C=O) groups is 3. The Labute approximate surface area is 206 Å². The second kappa shape index (κ2) is 8.22. The third kappa shape index (κ3) is 3.38. The predicted molar refractivity (Wildman–Crippen MR) is 127 cm³/mol. The zero-order valence-electron chi connectivity index (χ0n) is 19.1. The lowest BCUT2D eigenvalue weighted by molar-refractivity contribution is -0.167. The largest absolute Gasteiger partial charge is 0.508 e. The molecule has 3 aliphatic rings. The minimum Gasteiger partial charge on any atom is -0.508 e. The fraction of sp³-hybridized carbons (Fsp3) is 0.296. The van der Waals surface area contributed by atoms with Crippen molar-refractivity contribution in [1.82, 2.24) is 0 Å². The molecule has 1 fully saturated rings. The van der Waals surface area contributed by atoms with Crippen LogP contribution in [0, 0.1) is 29.6 Å². The van der Waals surface area contributed by atoms with Crippen LogP contribution in [0.25, 0.3) is 0 Å². The Kier molecular flexibility index (Phi) is 5.39. The van der Waals surface area contributed by atoms with Crippen molar-refractivity contribution in [2.75, 3.05) is 5.73 Å². The minimum atomic E-state index is -2.53. The van der Waals surface area contributed by atoms with E-state index in [1.807, 2.05) is 0 Å². The molecular weight excluding hydrogens is 464 g/mol. The average Bonchev–Trinajstić information content (AvgIpc) is 2.81. The number of nitrogen functional groups attached to an aromatic ring is 1. The Morgan fingerprint density at radius 1 is 1.03 bits per heavy atom. The number of Topliss-reactive ketones (excluding diaryl/α,β-unsaturated/α-hetero) is 2. The van der Waals surface area contributed by atoms with Gasteiger partial charge in [-0.2, -0.15) is 0 Å². The Morgan fingerprint density at radius 3 is 2.39 bits per heavy atom. The van der Waals surface area contributed by atoms with Gasteiger partial charge in [-0.25, -0.2) is 0 Å². The SMILES string of the molecule is NC(=O)C1C(=O)[C@@]2(O)C(O)=C3C(=O)c4c(O)ccc(C#Cc5ccc(N)cc5)c4C[C@H]3C[C@H]2CC1O. The Balaban J connectivity index is 1.61. The van der Waals surface area contributed by atoms with E-state index in [0.717, 1.165) is 0 Å². The number of aliphatic hydroxyl groups excluding tert-OH is 2. The zero-order chi connectivity index (χ0) is 25.9. The number of aromatic hydroxyl groups is 1. The molecule has 2 aromatic rings. The number of amides is 1. The topological polar surface area (TPSA) is 184 Å². The first kappa shape index (κ1) is 23.6. The summed E-state index contributed by atoms with van der Waals surface area (Å²) in [5.41, 5.74) is 10.5. The van der Waals surface area contributed by atoms with Gasteiger partial charge < -0.3 is 31.9 Å². The molecule has 184 valence electrons. The van der Waals surface area contributed by atoms with Gasteiger partial charge in [0.1, 0.15) is 17.4 Å². The normalized spacial score (nSPS) is 28.9. The lowest BCUT2D eigenvalue weighted by Gasteiger charge is -2.48. The van der Waals surface area contributed by atoms with Gasteiger partial charge in [-0.05, 0) is 67.1 Å². The van der Waals surface area contributed by atoms with E-state index in [0.29, 0.717) is 22.4 Å². The lowest BCUT2D eigenvalue weighted by atomic mass is 9.57. The molecule has 2 unspecified atom stereocenters.